The summed E-state index contributed by atoms with van der Waals surface area (Å²) < 4.78 is 5.52. The van der Waals surface area contributed by atoms with Crippen molar-refractivity contribution in [2.24, 2.45) is 5.41 Å². The van der Waals surface area contributed by atoms with Crippen LogP contribution in [-0.2, 0) is 6.42 Å². The van der Waals surface area contributed by atoms with Gasteiger partial charge in [0, 0.05) is 5.56 Å². The van der Waals surface area contributed by atoms with Gasteiger partial charge >= 0.3 is 0 Å². The molecule has 0 unspecified atom stereocenters. The molecule has 1 heterocycles. The molecule has 1 aromatic carbocycles. The Morgan fingerprint density at radius 2 is 1.94 bits per heavy atom. The van der Waals surface area contributed by atoms with E-state index in [4.69, 9.17) is 4.42 Å². The molecular formula is C15H18O2. The van der Waals surface area contributed by atoms with Crippen LogP contribution < -0.4 is 5.43 Å². The molecule has 1 aromatic heterocycles. The van der Waals surface area contributed by atoms with Gasteiger partial charge in [-0.1, -0.05) is 32.4 Å². The number of benzene rings is 1. The zero-order valence-corrected chi connectivity index (χ0v) is 10.8. The van der Waals surface area contributed by atoms with E-state index in [0.29, 0.717) is 11.0 Å². The maximum absolute atomic E-state index is 12.3. The standard InChI is InChI=1S/C15H18O2/c1-10-5-6-13-12(7-10)14(16)11(9-17-13)8-15(2,3)4/h5-7,9H,8H2,1-4H3. The molecule has 0 saturated heterocycles. The van der Waals surface area contributed by atoms with Gasteiger partial charge < -0.3 is 4.42 Å². The Kier molecular flexibility index (Phi) is 2.82. The molecule has 0 radical (unpaired) electrons. The average molecular weight is 230 g/mol. The first-order valence-electron chi connectivity index (χ1n) is 5.88. The van der Waals surface area contributed by atoms with Crippen LogP contribution in [0.15, 0.2) is 33.7 Å². The first-order valence-corrected chi connectivity index (χ1v) is 5.88. The molecule has 2 aromatic rings. The lowest BCUT2D eigenvalue weighted by Crippen LogP contribution is -2.17. The number of rotatable bonds is 1. The van der Waals surface area contributed by atoms with Crippen LogP contribution in [0.5, 0.6) is 0 Å². The van der Waals surface area contributed by atoms with Gasteiger partial charge in [0.25, 0.3) is 0 Å². The van der Waals surface area contributed by atoms with Gasteiger partial charge in [-0.05, 0) is 30.9 Å². The summed E-state index contributed by atoms with van der Waals surface area (Å²) in [7, 11) is 0. The molecule has 90 valence electrons. The molecular weight excluding hydrogens is 212 g/mol. The summed E-state index contributed by atoms with van der Waals surface area (Å²) in [5, 5.41) is 0.687. The third kappa shape index (κ3) is 2.57. The second kappa shape index (κ2) is 4.02. The number of aryl methyl sites for hydroxylation is 1. The van der Waals surface area contributed by atoms with Gasteiger partial charge in [0.05, 0.1) is 11.6 Å². The van der Waals surface area contributed by atoms with Crippen LogP contribution in [-0.4, -0.2) is 0 Å². The third-order valence-corrected chi connectivity index (χ3v) is 2.72. The highest BCUT2D eigenvalue weighted by atomic mass is 16.3. The summed E-state index contributed by atoms with van der Waals surface area (Å²) in [6.07, 6.45) is 2.34. The molecule has 2 nitrogen and oxygen atoms in total. The van der Waals surface area contributed by atoms with Gasteiger partial charge in [0.2, 0.25) is 0 Å². The topological polar surface area (TPSA) is 30.2 Å². The molecule has 2 rings (SSSR count). The molecule has 0 aliphatic heterocycles. The molecule has 0 N–H and O–H groups in total. The van der Waals surface area contributed by atoms with E-state index in [1.54, 1.807) is 6.26 Å². The van der Waals surface area contributed by atoms with Gasteiger partial charge in [0.1, 0.15) is 5.58 Å². The molecule has 17 heavy (non-hydrogen) atoms. The van der Waals surface area contributed by atoms with Crippen molar-refractivity contribution in [1.82, 2.24) is 0 Å². The SMILES string of the molecule is Cc1ccc2occ(CC(C)(C)C)c(=O)c2c1. The van der Waals surface area contributed by atoms with Crippen LogP contribution in [0.3, 0.4) is 0 Å². The molecule has 0 fully saturated rings. The van der Waals surface area contributed by atoms with Gasteiger partial charge in [0.15, 0.2) is 5.43 Å². The van der Waals surface area contributed by atoms with Crippen molar-refractivity contribution in [3.05, 3.63) is 45.8 Å². The van der Waals surface area contributed by atoms with Crippen molar-refractivity contribution in [3.8, 4) is 0 Å². The van der Waals surface area contributed by atoms with Crippen LogP contribution in [0.25, 0.3) is 11.0 Å². The van der Waals surface area contributed by atoms with E-state index in [9.17, 15) is 4.79 Å². The minimum absolute atomic E-state index is 0.0895. The zero-order chi connectivity index (χ0) is 12.6. The highest BCUT2D eigenvalue weighted by molar-refractivity contribution is 5.77. The molecule has 0 saturated carbocycles. The maximum Gasteiger partial charge on any atom is 0.195 e. The van der Waals surface area contributed by atoms with Gasteiger partial charge in [-0.15, -0.1) is 0 Å². The normalized spacial score (nSPS) is 12.0. The van der Waals surface area contributed by atoms with Gasteiger partial charge in [-0.25, -0.2) is 0 Å². The smallest absolute Gasteiger partial charge is 0.195 e. The predicted molar refractivity (Wildman–Crippen MR) is 70.4 cm³/mol. The number of hydrogen-bond donors (Lipinski definition) is 0. The molecule has 0 amide bonds. The number of hydrogen-bond acceptors (Lipinski definition) is 2. The summed E-state index contributed by atoms with van der Waals surface area (Å²) >= 11 is 0. The van der Waals surface area contributed by atoms with E-state index >= 15 is 0 Å². The van der Waals surface area contributed by atoms with E-state index in [2.05, 4.69) is 20.8 Å². The lowest BCUT2D eigenvalue weighted by molar-refractivity contribution is 0.405. The van der Waals surface area contributed by atoms with Crippen molar-refractivity contribution in [1.29, 1.82) is 0 Å². The summed E-state index contributed by atoms with van der Waals surface area (Å²) in [6.45, 7) is 8.34. The monoisotopic (exact) mass is 230 g/mol. The van der Waals surface area contributed by atoms with Crippen molar-refractivity contribution in [2.45, 2.75) is 34.1 Å². The lowest BCUT2D eigenvalue weighted by atomic mass is 9.88. The first-order chi connectivity index (χ1) is 7.87. The molecule has 0 bridgehead atoms. The van der Waals surface area contributed by atoms with E-state index in [1.807, 2.05) is 25.1 Å². The van der Waals surface area contributed by atoms with E-state index < -0.39 is 0 Å². The Morgan fingerprint density at radius 3 is 2.59 bits per heavy atom. The molecule has 0 atom stereocenters. The predicted octanol–water partition coefficient (Wildman–Crippen LogP) is 3.69. The molecule has 0 aliphatic rings. The molecule has 2 heteroatoms. The van der Waals surface area contributed by atoms with Crippen LogP contribution >= 0.6 is 0 Å². The van der Waals surface area contributed by atoms with E-state index in [0.717, 1.165) is 17.5 Å². The number of fused-ring (bicyclic) bond motifs is 1. The van der Waals surface area contributed by atoms with Crippen molar-refractivity contribution < 1.29 is 4.42 Å². The fraction of sp³-hybridized carbons (Fsp3) is 0.400. The minimum Gasteiger partial charge on any atom is -0.464 e. The first kappa shape index (κ1) is 11.9. The van der Waals surface area contributed by atoms with Crippen LogP contribution in [0.1, 0.15) is 31.9 Å². The zero-order valence-electron chi connectivity index (χ0n) is 10.8. The van der Waals surface area contributed by atoms with Crippen molar-refractivity contribution in [2.75, 3.05) is 0 Å². The highest BCUT2D eigenvalue weighted by Gasteiger charge is 2.15. The quantitative estimate of drug-likeness (QED) is 0.748. The summed E-state index contributed by atoms with van der Waals surface area (Å²) in [5.74, 6) is 0. The Balaban J connectivity index is 2.61. The summed E-state index contributed by atoms with van der Waals surface area (Å²) in [5.41, 5.74) is 2.70. The Labute approximate surface area is 101 Å². The Hall–Kier alpha value is -1.57. The largest absolute Gasteiger partial charge is 0.464 e. The van der Waals surface area contributed by atoms with Crippen LogP contribution in [0, 0.1) is 12.3 Å². The van der Waals surface area contributed by atoms with Crippen molar-refractivity contribution in [3.63, 3.8) is 0 Å². The second-order valence-electron chi connectivity index (χ2n) is 5.83. The second-order valence-corrected chi connectivity index (χ2v) is 5.83. The Morgan fingerprint density at radius 1 is 1.24 bits per heavy atom. The van der Waals surface area contributed by atoms with Gasteiger partial charge in [-0.3, -0.25) is 4.79 Å². The average Bonchev–Trinajstić information content (AvgIpc) is 2.21. The highest BCUT2D eigenvalue weighted by Crippen LogP contribution is 2.20. The minimum atomic E-state index is 0.0895. The maximum atomic E-state index is 12.3. The third-order valence-electron chi connectivity index (χ3n) is 2.72. The fourth-order valence-corrected chi connectivity index (χ4v) is 1.98. The summed E-state index contributed by atoms with van der Waals surface area (Å²) in [6, 6.07) is 5.70. The van der Waals surface area contributed by atoms with Crippen molar-refractivity contribution >= 4 is 11.0 Å². The van der Waals surface area contributed by atoms with E-state index in [-0.39, 0.29) is 10.8 Å². The van der Waals surface area contributed by atoms with Crippen LogP contribution in [0.2, 0.25) is 0 Å². The fourth-order valence-electron chi connectivity index (χ4n) is 1.98. The van der Waals surface area contributed by atoms with Gasteiger partial charge in [-0.2, -0.15) is 0 Å². The lowest BCUT2D eigenvalue weighted by Gasteiger charge is -2.17. The Bertz CT molecular complexity index is 600. The molecule has 0 aliphatic carbocycles. The van der Waals surface area contributed by atoms with E-state index in [1.165, 1.54) is 0 Å². The van der Waals surface area contributed by atoms with Crippen LogP contribution in [0.4, 0.5) is 0 Å². The molecule has 0 spiro atoms. The summed E-state index contributed by atoms with van der Waals surface area (Å²) in [4.78, 5) is 12.3.